The van der Waals surface area contributed by atoms with Gasteiger partial charge in [0.1, 0.15) is 6.10 Å². The van der Waals surface area contributed by atoms with E-state index in [-0.39, 0.29) is 32.0 Å². The van der Waals surface area contributed by atoms with Crippen molar-refractivity contribution in [2.45, 2.75) is 51.0 Å². The summed E-state index contributed by atoms with van der Waals surface area (Å²) in [6, 6.07) is 8.34. The lowest BCUT2D eigenvalue weighted by Gasteiger charge is -2.41. The smallest absolute Gasteiger partial charge is 0.410 e. The van der Waals surface area contributed by atoms with E-state index in [1.54, 1.807) is 5.48 Å². The molecule has 35 heavy (non-hydrogen) atoms. The molecule has 0 aromatic heterocycles. The third-order valence-electron chi connectivity index (χ3n) is 7.57. The van der Waals surface area contributed by atoms with E-state index in [4.69, 9.17) is 9.47 Å². The van der Waals surface area contributed by atoms with Crippen molar-refractivity contribution in [3.63, 3.8) is 0 Å². The zero-order valence-electron chi connectivity index (χ0n) is 20.1. The fourth-order valence-electron chi connectivity index (χ4n) is 5.24. The maximum atomic E-state index is 13.4. The van der Waals surface area contributed by atoms with Crippen molar-refractivity contribution in [1.29, 1.82) is 0 Å². The van der Waals surface area contributed by atoms with Gasteiger partial charge in [-0.25, -0.2) is 23.0 Å². The van der Waals surface area contributed by atoms with Crippen LogP contribution in [0.3, 0.4) is 0 Å². The Morgan fingerprint density at radius 2 is 1.77 bits per heavy atom. The van der Waals surface area contributed by atoms with E-state index in [0.29, 0.717) is 51.5 Å². The van der Waals surface area contributed by atoms with Crippen molar-refractivity contribution < 1.29 is 32.7 Å². The van der Waals surface area contributed by atoms with Gasteiger partial charge in [-0.3, -0.25) is 10.0 Å². The zero-order chi connectivity index (χ0) is 25.1. The molecule has 3 aliphatic heterocycles. The Bertz CT molecular complexity index is 992. The maximum absolute atomic E-state index is 13.4. The largest absolute Gasteiger partial charge is 0.444 e. The van der Waals surface area contributed by atoms with Crippen molar-refractivity contribution in [1.82, 2.24) is 14.7 Å². The third-order valence-corrected chi connectivity index (χ3v) is 9.64. The average molecular weight is 510 g/mol. The van der Waals surface area contributed by atoms with Crippen molar-refractivity contribution in [2.75, 3.05) is 45.1 Å². The Balaban J connectivity index is 1.37. The standard InChI is InChI=1S/C24H35N3O7S/c1-18-2-4-19(5-3-18)20-6-11-27(12-7-20)35(31,32)17-24(22(28)25-30)9-13-26(14-10-24)23(29)34-21-8-15-33-16-21/h2-5,20-21,30H,6-17H2,1H3,(H,25,28)/t21-/m0/s1. The summed E-state index contributed by atoms with van der Waals surface area (Å²) in [6.45, 7) is 4.08. The highest BCUT2D eigenvalue weighted by atomic mass is 32.2. The molecule has 0 bridgehead atoms. The number of nitrogens with one attached hydrogen (secondary N) is 1. The molecule has 194 valence electrons. The highest BCUT2D eigenvalue weighted by Gasteiger charge is 2.47. The van der Waals surface area contributed by atoms with Crippen LogP contribution in [0.25, 0.3) is 0 Å². The molecule has 0 unspecified atom stereocenters. The van der Waals surface area contributed by atoms with Gasteiger partial charge >= 0.3 is 6.09 Å². The topological polar surface area (TPSA) is 125 Å². The number of carbonyl (C=O) groups excluding carboxylic acids is 2. The number of aryl methyl sites for hydroxylation is 1. The number of sulfonamides is 1. The number of hydrogen-bond donors (Lipinski definition) is 2. The summed E-state index contributed by atoms with van der Waals surface area (Å²) in [5.41, 5.74) is 2.76. The number of ether oxygens (including phenoxy) is 2. The predicted octanol–water partition coefficient (Wildman–Crippen LogP) is 2.02. The van der Waals surface area contributed by atoms with Gasteiger partial charge in [0.2, 0.25) is 10.0 Å². The fraction of sp³-hybridized carbons (Fsp3) is 0.667. The normalized spacial score (nSPS) is 23.7. The van der Waals surface area contributed by atoms with E-state index in [1.807, 2.05) is 6.92 Å². The number of nitrogens with zero attached hydrogens (tertiary/aromatic N) is 2. The number of hydroxylamine groups is 1. The van der Waals surface area contributed by atoms with Gasteiger partial charge in [-0.2, -0.15) is 0 Å². The van der Waals surface area contributed by atoms with Crippen LogP contribution < -0.4 is 5.48 Å². The molecular weight excluding hydrogens is 474 g/mol. The first-order valence-corrected chi connectivity index (χ1v) is 13.9. The molecule has 1 atom stereocenters. The highest BCUT2D eigenvalue weighted by Crippen LogP contribution is 2.36. The number of piperidine rings is 2. The maximum Gasteiger partial charge on any atom is 0.410 e. The molecule has 11 heteroatoms. The quantitative estimate of drug-likeness (QED) is 0.444. The number of amides is 2. The number of hydrogen-bond acceptors (Lipinski definition) is 7. The molecule has 2 N–H and O–H groups in total. The highest BCUT2D eigenvalue weighted by molar-refractivity contribution is 7.89. The number of rotatable bonds is 6. The minimum absolute atomic E-state index is 0.120. The van der Waals surface area contributed by atoms with Crippen LogP contribution in [0, 0.1) is 12.3 Å². The third kappa shape index (κ3) is 5.96. The zero-order valence-corrected chi connectivity index (χ0v) is 21.0. The second kappa shape index (κ2) is 10.8. The summed E-state index contributed by atoms with van der Waals surface area (Å²) < 4.78 is 38.8. The Labute approximate surface area is 206 Å². The van der Waals surface area contributed by atoms with Gasteiger partial charge in [-0.05, 0) is 44.1 Å². The van der Waals surface area contributed by atoms with E-state index in [9.17, 15) is 23.2 Å². The first-order valence-electron chi connectivity index (χ1n) is 12.2. The first-order chi connectivity index (χ1) is 16.7. The van der Waals surface area contributed by atoms with E-state index in [1.165, 1.54) is 20.3 Å². The monoisotopic (exact) mass is 509 g/mol. The SMILES string of the molecule is Cc1ccc(C2CCN(S(=O)(=O)CC3(C(=O)NO)CCN(C(=O)O[C@H]4CCOC4)CC3)CC2)cc1. The van der Waals surface area contributed by atoms with Gasteiger partial charge in [0, 0.05) is 32.6 Å². The molecule has 3 fully saturated rings. The van der Waals surface area contributed by atoms with Crippen LogP contribution in [0.15, 0.2) is 24.3 Å². The van der Waals surface area contributed by atoms with Gasteiger partial charge in [0.05, 0.1) is 24.4 Å². The molecule has 2 amide bonds. The second-order valence-corrected chi connectivity index (χ2v) is 11.9. The minimum atomic E-state index is -3.76. The van der Waals surface area contributed by atoms with Crippen LogP contribution >= 0.6 is 0 Å². The Morgan fingerprint density at radius 1 is 1.11 bits per heavy atom. The summed E-state index contributed by atoms with van der Waals surface area (Å²) in [6.07, 6.45) is 1.55. The summed E-state index contributed by atoms with van der Waals surface area (Å²) in [7, 11) is -3.76. The van der Waals surface area contributed by atoms with Gasteiger partial charge < -0.3 is 14.4 Å². The van der Waals surface area contributed by atoms with Crippen LogP contribution in [0.2, 0.25) is 0 Å². The lowest BCUT2D eigenvalue weighted by Crippen LogP contribution is -2.55. The van der Waals surface area contributed by atoms with Crippen LogP contribution in [-0.4, -0.2) is 86.1 Å². The van der Waals surface area contributed by atoms with E-state index in [0.717, 1.165) is 0 Å². The molecule has 0 saturated carbocycles. The summed E-state index contributed by atoms with van der Waals surface area (Å²) in [5, 5.41) is 9.38. The Morgan fingerprint density at radius 3 is 2.34 bits per heavy atom. The molecule has 0 radical (unpaired) electrons. The molecule has 4 rings (SSSR count). The van der Waals surface area contributed by atoms with Gasteiger partial charge in [-0.15, -0.1) is 0 Å². The molecule has 3 aliphatic rings. The number of likely N-dealkylation sites (tertiary alicyclic amines) is 1. The molecule has 1 aromatic rings. The van der Waals surface area contributed by atoms with Crippen LogP contribution in [0.5, 0.6) is 0 Å². The molecule has 1 aromatic carbocycles. The molecule has 3 saturated heterocycles. The fourth-order valence-corrected chi connectivity index (χ4v) is 7.31. The lowest BCUT2D eigenvalue weighted by atomic mass is 9.79. The summed E-state index contributed by atoms with van der Waals surface area (Å²) in [5.74, 6) is -0.829. The Kier molecular flexibility index (Phi) is 7.99. The van der Waals surface area contributed by atoms with E-state index >= 15 is 0 Å². The number of benzene rings is 1. The summed E-state index contributed by atoms with van der Waals surface area (Å²) >= 11 is 0. The van der Waals surface area contributed by atoms with E-state index in [2.05, 4.69) is 24.3 Å². The second-order valence-electron chi connectivity index (χ2n) is 9.92. The van der Waals surface area contributed by atoms with Gasteiger partial charge in [-0.1, -0.05) is 29.8 Å². The molecule has 3 heterocycles. The van der Waals surface area contributed by atoms with Crippen LogP contribution in [0.4, 0.5) is 4.79 Å². The number of carbonyl (C=O) groups is 2. The molecule has 0 spiro atoms. The van der Waals surface area contributed by atoms with Crippen molar-refractivity contribution in [3.8, 4) is 0 Å². The predicted molar refractivity (Wildman–Crippen MR) is 127 cm³/mol. The Hall–Kier alpha value is -2.21. The minimum Gasteiger partial charge on any atom is -0.444 e. The van der Waals surface area contributed by atoms with Gasteiger partial charge in [0.15, 0.2) is 0 Å². The summed E-state index contributed by atoms with van der Waals surface area (Å²) in [4.78, 5) is 26.6. The first kappa shape index (κ1) is 25.9. The van der Waals surface area contributed by atoms with Crippen LogP contribution in [0.1, 0.15) is 49.1 Å². The molecule has 0 aliphatic carbocycles. The molecular formula is C24H35N3O7S. The van der Waals surface area contributed by atoms with E-state index < -0.39 is 33.2 Å². The van der Waals surface area contributed by atoms with Crippen LogP contribution in [-0.2, 0) is 24.3 Å². The lowest BCUT2D eigenvalue weighted by molar-refractivity contribution is -0.141. The van der Waals surface area contributed by atoms with Gasteiger partial charge in [0.25, 0.3) is 5.91 Å². The van der Waals surface area contributed by atoms with Crippen molar-refractivity contribution in [2.24, 2.45) is 5.41 Å². The van der Waals surface area contributed by atoms with Crippen molar-refractivity contribution >= 4 is 22.0 Å². The molecule has 10 nitrogen and oxygen atoms in total. The average Bonchev–Trinajstić information content (AvgIpc) is 3.37. The van der Waals surface area contributed by atoms with Crippen molar-refractivity contribution in [3.05, 3.63) is 35.4 Å².